The van der Waals surface area contributed by atoms with Crippen molar-refractivity contribution in [3.05, 3.63) is 0 Å². The molecule has 2 aliphatic rings. The second-order valence-corrected chi connectivity index (χ2v) is 8.15. The summed E-state index contributed by atoms with van der Waals surface area (Å²) < 4.78 is 12.3. The third kappa shape index (κ3) is 6.29. The molecule has 4 nitrogen and oxygen atoms in total. The van der Waals surface area contributed by atoms with Crippen molar-refractivity contribution in [1.29, 1.82) is 0 Å². The number of hydrogen-bond donors (Lipinski definition) is 0. The molecule has 0 aromatic rings. The highest BCUT2D eigenvalue weighted by atomic mass is 16.5. The van der Waals surface area contributed by atoms with E-state index in [0.717, 1.165) is 32.8 Å². The number of rotatable bonds is 8. The van der Waals surface area contributed by atoms with Gasteiger partial charge in [-0.1, -0.05) is 26.2 Å². The standard InChI is InChI=1S/C20H40N2O2/c1-6-22(16(2)3)19(15-23-20-10-8-7-9-11-20)14-21-12-17(4)24-18(5)13-21/h16-20H,6-15H2,1-5H3. The Bertz CT molecular complexity index is 335. The van der Waals surface area contributed by atoms with Crippen LogP contribution in [-0.4, -0.2) is 73.0 Å². The highest BCUT2D eigenvalue weighted by Crippen LogP contribution is 2.21. The minimum absolute atomic E-state index is 0.336. The summed E-state index contributed by atoms with van der Waals surface area (Å²) in [5, 5.41) is 0. The normalized spacial score (nSPS) is 28.6. The molecule has 0 N–H and O–H groups in total. The second kappa shape index (κ2) is 10.1. The molecule has 1 aliphatic carbocycles. The summed E-state index contributed by atoms with van der Waals surface area (Å²) in [5.74, 6) is 0. The first kappa shape index (κ1) is 20.2. The van der Waals surface area contributed by atoms with Crippen LogP contribution in [-0.2, 0) is 9.47 Å². The third-order valence-electron chi connectivity index (χ3n) is 5.54. The molecular weight excluding hydrogens is 300 g/mol. The molecule has 0 spiro atoms. The zero-order valence-corrected chi connectivity index (χ0v) is 16.7. The van der Waals surface area contributed by atoms with Gasteiger partial charge >= 0.3 is 0 Å². The minimum Gasteiger partial charge on any atom is -0.377 e. The number of ether oxygens (including phenoxy) is 2. The molecule has 0 radical (unpaired) electrons. The summed E-state index contributed by atoms with van der Waals surface area (Å²) in [6.07, 6.45) is 7.75. The number of likely N-dealkylation sites (N-methyl/N-ethyl adjacent to an activating group) is 1. The van der Waals surface area contributed by atoms with Gasteiger partial charge in [-0.2, -0.15) is 0 Å². The van der Waals surface area contributed by atoms with Crippen LogP contribution in [0.5, 0.6) is 0 Å². The quantitative estimate of drug-likeness (QED) is 0.675. The van der Waals surface area contributed by atoms with Crippen molar-refractivity contribution in [3.63, 3.8) is 0 Å². The summed E-state index contributed by atoms with van der Waals surface area (Å²) in [6, 6.07) is 1.04. The molecule has 0 aromatic heterocycles. The molecule has 4 heteroatoms. The Balaban J connectivity index is 1.93. The highest BCUT2D eigenvalue weighted by Gasteiger charge is 2.28. The van der Waals surface area contributed by atoms with Gasteiger partial charge in [0.25, 0.3) is 0 Å². The fraction of sp³-hybridized carbons (Fsp3) is 1.00. The number of morpholine rings is 1. The van der Waals surface area contributed by atoms with E-state index in [1.54, 1.807) is 0 Å². The van der Waals surface area contributed by atoms with Crippen LogP contribution in [0.15, 0.2) is 0 Å². The Labute approximate surface area is 149 Å². The van der Waals surface area contributed by atoms with Gasteiger partial charge in [-0.25, -0.2) is 0 Å². The monoisotopic (exact) mass is 340 g/mol. The van der Waals surface area contributed by atoms with E-state index in [1.807, 2.05) is 0 Å². The lowest BCUT2D eigenvalue weighted by molar-refractivity contribution is -0.0827. The van der Waals surface area contributed by atoms with Crippen molar-refractivity contribution in [3.8, 4) is 0 Å². The number of nitrogens with zero attached hydrogens (tertiary/aromatic N) is 2. The summed E-state index contributed by atoms with van der Waals surface area (Å²) in [4.78, 5) is 5.19. The van der Waals surface area contributed by atoms with Gasteiger partial charge < -0.3 is 9.47 Å². The Morgan fingerprint density at radius 3 is 2.25 bits per heavy atom. The summed E-state index contributed by atoms with van der Waals surface area (Å²) in [6.45, 7) is 16.4. The largest absolute Gasteiger partial charge is 0.377 e. The number of hydrogen-bond acceptors (Lipinski definition) is 4. The van der Waals surface area contributed by atoms with Crippen LogP contribution in [0.2, 0.25) is 0 Å². The maximum atomic E-state index is 6.37. The topological polar surface area (TPSA) is 24.9 Å². The fourth-order valence-electron chi connectivity index (χ4n) is 4.51. The first-order chi connectivity index (χ1) is 11.5. The van der Waals surface area contributed by atoms with Crippen LogP contribution in [0, 0.1) is 0 Å². The lowest BCUT2D eigenvalue weighted by Crippen LogP contribution is -2.54. The van der Waals surface area contributed by atoms with E-state index < -0.39 is 0 Å². The van der Waals surface area contributed by atoms with Gasteiger partial charge in [0.2, 0.25) is 0 Å². The Hall–Kier alpha value is -0.160. The first-order valence-electron chi connectivity index (χ1n) is 10.2. The molecule has 3 atom stereocenters. The van der Waals surface area contributed by atoms with Gasteiger partial charge in [0.15, 0.2) is 0 Å². The lowest BCUT2D eigenvalue weighted by atomic mass is 9.98. The second-order valence-electron chi connectivity index (χ2n) is 8.15. The van der Waals surface area contributed by atoms with E-state index >= 15 is 0 Å². The summed E-state index contributed by atoms with van der Waals surface area (Å²) in [7, 11) is 0. The molecule has 1 saturated heterocycles. The average molecular weight is 341 g/mol. The first-order valence-corrected chi connectivity index (χ1v) is 10.2. The average Bonchev–Trinajstić information content (AvgIpc) is 2.52. The van der Waals surface area contributed by atoms with Crippen molar-refractivity contribution in [2.24, 2.45) is 0 Å². The van der Waals surface area contributed by atoms with Crippen molar-refractivity contribution in [1.82, 2.24) is 9.80 Å². The smallest absolute Gasteiger partial charge is 0.0678 e. The van der Waals surface area contributed by atoms with Crippen LogP contribution >= 0.6 is 0 Å². The molecular formula is C20H40N2O2. The maximum Gasteiger partial charge on any atom is 0.0678 e. The zero-order valence-electron chi connectivity index (χ0n) is 16.7. The van der Waals surface area contributed by atoms with Crippen molar-refractivity contribution >= 4 is 0 Å². The molecule has 3 unspecified atom stereocenters. The molecule has 1 saturated carbocycles. The van der Waals surface area contributed by atoms with Crippen molar-refractivity contribution < 1.29 is 9.47 Å². The third-order valence-corrected chi connectivity index (χ3v) is 5.54. The molecule has 1 aliphatic heterocycles. The predicted molar refractivity (Wildman–Crippen MR) is 101 cm³/mol. The van der Waals surface area contributed by atoms with Crippen LogP contribution in [0.4, 0.5) is 0 Å². The SMILES string of the molecule is CCN(C(C)C)C(COC1CCCCC1)CN1CC(C)OC(C)C1. The lowest BCUT2D eigenvalue weighted by Gasteiger charge is -2.41. The van der Waals surface area contributed by atoms with Crippen LogP contribution in [0.25, 0.3) is 0 Å². The molecule has 1 heterocycles. The van der Waals surface area contributed by atoms with Gasteiger partial charge in [0.05, 0.1) is 24.9 Å². The van der Waals surface area contributed by atoms with E-state index in [-0.39, 0.29) is 0 Å². The van der Waals surface area contributed by atoms with E-state index in [4.69, 9.17) is 9.47 Å². The van der Waals surface area contributed by atoms with Gasteiger partial charge in [-0.05, 0) is 47.1 Å². The van der Waals surface area contributed by atoms with E-state index in [2.05, 4.69) is 44.4 Å². The van der Waals surface area contributed by atoms with Crippen molar-refractivity contribution in [2.75, 3.05) is 32.8 Å². The minimum atomic E-state index is 0.336. The molecule has 2 rings (SSSR count). The van der Waals surface area contributed by atoms with Crippen LogP contribution in [0.3, 0.4) is 0 Å². The molecule has 2 fully saturated rings. The van der Waals surface area contributed by atoms with Crippen LogP contribution < -0.4 is 0 Å². The summed E-state index contributed by atoms with van der Waals surface area (Å²) in [5.41, 5.74) is 0. The highest BCUT2D eigenvalue weighted by molar-refractivity contribution is 4.82. The van der Waals surface area contributed by atoms with E-state index in [0.29, 0.717) is 30.4 Å². The van der Waals surface area contributed by atoms with Crippen molar-refractivity contribution in [2.45, 2.75) is 97.1 Å². The van der Waals surface area contributed by atoms with Gasteiger partial charge in [-0.3, -0.25) is 9.80 Å². The fourth-order valence-corrected chi connectivity index (χ4v) is 4.51. The molecule has 142 valence electrons. The van der Waals surface area contributed by atoms with E-state index in [9.17, 15) is 0 Å². The van der Waals surface area contributed by atoms with Gasteiger partial charge in [-0.15, -0.1) is 0 Å². The van der Waals surface area contributed by atoms with Gasteiger partial charge in [0, 0.05) is 31.7 Å². The maximum absolute atomic E-state index is 6.37. The molecule has 0 bridgehead atoms. The summed E-state index contributed by atoms with van der Waals surface area (Å²) >= 11 is 0. The Morgan fingerprint density at radius 2 is 1.71 bits per heavy atom. The Morgan fingerprint density at radius 1 is 1.08 bits per heavy atom. The molecule has 24 heavy (non-hydrogen) atoms. The van der Waals surface area contributed by atoms with Crippen LogP contribution in [0.1, 0.15) is 66.7 Å². The zero-order chi connectivity index (χ0) is 17.5. The van der Waals surface area contributed by atoms with Gasteiger partial charge in [0.1, 0.15) is 0 Å². The van der Waals surface area contributed by atoms with E-state index in [1.165, 1.54) is 32.1 Å². The predicted octanol–water partition coefficient (Wildman–Crippen LogP) is 3.54. The molecule has 0 amide bonds. The Kier molecular flexibility index (Phi) is 8.48. The molecule has 0 aromatic carbocycles.